The van der Waals surface area contributed by atoms with Gasteiger partial charge in [-0.1, -0.05) is 31.2 Å². The maximum absolute atomic E-state index is 12.5. The van der Waals surface area contributed by atoms with Crippen LogP contribution < -0.4 is 10.3 Å². The maximum Gasteiger partial charge on any atom is 0.266 e. The Labute approximate surface area is 184 Å². The van der Waals surface area contributed by atoms with Crippen molar-refractivity contribution in [2.24, 2.45) is 0 Å². The van der Waals surface area contributed by atoms with E-state index < -0.39 is 10.0 Å². The van der Waals surface area contributed by atoms with Crippen molar-refractivity contribution in [1.29, 1.82) is 0 Å². The molecule has 3 N–H and O–H groups in total. The summed E-state index contributed by atoms with van der Waals surface area (Å²) < 4.78 is 26.7. The Morgan fingerprint density at radius 1 is 1.19 bits per heavy atom. The SMILES string of the molecule is CCS(=O)(=O)NCC(C)c1ccc(-c2c(O)cc(C)c3[nH]c(=O)c4sccc4c23)cc1. The van der Waals surface area contributed by atoms with Gasteiger partial charge in [0.05, 0.1) is 11.3 Å². The fraction of sp³-hybridized carbons (Fsp3) is 0.261. The molecule has 0 saturated carbocycles. The van der Waals surface area contributed by atoms with Gasteiger partial charge in [0.2, 0.25) is 10.0 Å². The Kier molecular flexibility index (Phi) is 5.63. The molecule has 0 bridgehead atoms. The van der Waals surface area contributed by atoms with Crippen molar-refractivity contribution in [2.75, 3.05) is 12.3 Å². The summed E-state index contributed by atoms with van der Waals surface area (Å²) in [5.41, 5.74) is 3.88. The van der Waals surface area contributed by atoms with Crippen LogP contribution in [-0.4, -0.2) is 30.8 Å². The van der Waals surface area contributed by atoms with Crippen LogP contribution in [-0.2, 0) is 10.0 Å². The number of pyridine rings is 1. The smallest absolute Gasteiger partial charge is 0.266 e. The number of hydrogen-bond donors (Lipinski definition) is 3. The number of hydrogen-bond acceptors (Lipinski definition) is 5. The Balaban J connectivity index is 1.79. The molecule has 4 rings (SSSR count). The molecule has 0 aliphatic carbocycles. The van der Waals surface area contributed by atoms with Crippen molar-refractivity contribution >= 4 is 42.3 Å². The average molecular weight is 457 g/mol. The lowest BCUT2D eigenvalue weighted by atomic mass is 9.93. The van der Waals surface area contributed by atoms with Crippen molar-refractivity contribution in [1.82, 2.24) is 9.71 Å². The number of H-pyrrole nitrogens is 1. The molecule has 0 spiro atoms. The summed E-state index contributed by atoms with van der Waals surface area (Å²) in [4.78, 5) is 15.4. The van der Waals surface area contributed by atoms with Crippen LogP contribution in [0, 0.1) is 6.92 Å². The number of phenols is 1. The van der Waals surface area contributed by atoms with Gasteiger partial charge in [-0.25, -0.2) is 13.1 Å². The minimum absolute atomic E-state index is 0.00123. The normalized spacial score (nSPS) is 13.1. The summed E-state index contributed by atoms with van der Waals surface area (Å²) in [5.74, 6) is 0.206. The highest BCUT2D eigenvalue weighted by Gasteiger charge is 2.18. The minimum atomic E-state index is -3.24. The van der Waals surface area contributed by atoms with Gasteiger partial charge in [-0.05, 0) is 54.0 Å². The van der Waals surface area contributed by atoms with E-state index in [9.17, 15) is 18.3 Å². The number of sulfonamides is 1. The summed E-state index contributed by atoms with van der Waals surface area (Å²) in [7, 11) is -3.24. The van der Waals surface area contributed by atoms with Crippen LogP contribution in [0.1, 0.15) is 30.9 Å². The van der Waals surface area contributed by atoms with E-state index in [1.807, 2.05) is 49.6 Å². The largest absolute Gasteiger partial charge is 0.507 e. The number of aromatic hydroxyl groups is 1. The van der Waals surface area contributed by atoms with Gasteiger partial charge in [0, 0.05) is 22.9 Å². The molecule has 0 aliphatic heterocycles. The number of benzene rings is 2. The molecule has 2 aromatic carbocycles. The van der Waals surface area contributed by atoms with Gasteiger partial charge in [0.1, 0.15) is 10.4 Å². The van der Waals surface area contributed by atoms with Crippen molar-refractivity contribution < 1.29 is 13.5 Å². The highest BCUT2D eigenvalue weighted by Crippen LogP contribution is 2.41. The number of aryl methyl sites for hydroxylation is 1. The molecular weight excluding hydrogens is 432 g/mol. The molecule has 6 nitrogen and oxygen atoms in total. The average Bonchev–Trinajstić information content (AvgIpc) is 3.24. The van der Waals surface area contributed by atoms with Gasteiger partial charge < -0.3 is 10.1 Å². The summed E-state index contributed by atoms with van der Waals surface area (Å²) in [5, 5.41) is 14.4. The van der Waals surface area contributed by atoms with E-state index >= 15 is 0 Å². The van der Waals surface area contributed by atoms with E-state index in [-0.39, 0.29) is 23.0 Å². The predicted octanol–water partition coefficient (Wildman–Crippen LogP) is 4.47. The molecular formula is C23H24N2O4S2. The van der Waals surface area contributed by atoms with Gasteiger partial charge in [0.15, 0.2) is 0 Å². The van der Waals surface area contributed by atoms with Gasteiger partial charge in [-0.2, -0.15) is 0 Å². The molecule has 1 atom stereocenters. The molecule has 8 heteroatoms. The van der Waals surface area contributed by atoms with Crippen LogP contribution in [0.4, 0.5) is 0 Å². The number of phenolic OH excluding ortho intramolecular Hbond substituents is 1. The second-order valence-corrected chi connectivity index (χ2v) is 10.7. The van der Waals surface area contributed by atoms with E-state index in [1.165, 1.54) is 11.3 Å². The number of rotatable bonds is 6. The maximum atomic E-state index is 12.5. The molecule has 0 aliphatic rings. The van der Waals surface area contributed by atoms with Crippen molar-refractivity contribution in [3.8, 4) is 16.9 Å². The third kappa shape index (κ3) is 3.98. The molecule has 162 valence electrons. The quantitative estimate of drug-likeness (QED) is 0.399. The van der Waals surface area contributed by atoms with Crippen LogP contribution in [0.25, 0.3) is 32.1 Å². The van der Waals surface area contributed by atoms with Gasteiger partial charge >= 0.3 is 0 Å². The molecule has 2 aromatic heterocycles. The van der Waals surface area contributed by atoms with E-state index in [0.29, 0.717) is 16.8 Å². The zero-order valence-electron chi connectivity index (χ0n) is 17.5. The first-order valence-electron chi connectivity index (χ1n) is 10.0. The second-order valence-electron chi connectivity index (χ2n) is 7.73. The number of thiophene rings is 1. The van der Waals surface area contributed by atoms with Crippen molar-refractivity contribution in [3.63, 3.8) is 0 Å². The lowest BCUT2D eigenvalue weighted by molar-refractivity contribution is 0.477. The van der Waals surface area contributed by atoms with Crippen molar-refractivity contribution in [3.05, 3.63) is 63.3 Å². The molecule has 31 heavy (non-hydrogen) atoms. The third-order valence-corrected chi connectivity index (χ3v) is 7.92. The lowest BCUT2D eigenvalue weighted by Gasteiger charge is -2.16. The van der Waals surface area contributed by atoms with Gasteiger partial charge in [0.25, 0.3) is 5.56 Å². The van der Waals surface area contributed by atoms with Gasteiger partial charge in [-0.3, -0.25) is 4.79 Å². The summed E-state index contributed by atoms with van der Waals surface area (Å²) in [6.07, 6.45) is 0. The molecule has 0 radical (unpaired) electrons. The molecule has 0 saturated heterocycles. The topological polar surface area (TPSA) is 99.3 Å². The van der Waals surface area contributed by atoms with E-state index in [4.69, 9.17) is 0 Å². The molecule has 4 aromatic rings. The Bertz CT molecular complexity index is 1430. The zero-order valence-corrected chi connectivity index (χ0v) is 19.2. The van der Waals surface area contributed by atoms with E-state index in [1.54, 1.807) is 13.0 Å². The minimum Gasteiger partial charge on any atom is -0.507 e. The molecule has 0 amide bonds. The Morgan fingerprint density at radius 3 is 2.58 bits per heavy atom. The standard InChI is InChI=1S/C23H24N2O4S2/c1-4-31(28,29)24-12-14(3)15-5-7-16(8-6-15)19-18(26)11-13(2)21-20(19)17-9-10-30-22(17)23(27)25-21/h5-11,14,24,26H,4,12H2,1-3H3,(H,25,27). The van der Waals surface area contributed by atoms with Crippen LogP contribution in [0.15, 0.2) is 46.6 Å². The monoisotopic (exact) mass is 456 g/mol. The molecule has 1 unspecified atom stereocenters. The zero-order chi connectivity index (χ0) is 22.3. The number of aromatic nitrogens is 1. The fourth-order valence-corrected chi connectivity index (χ4v) is 5.33. The van der Waals surface area contributed by atoms with E-state index in [0.717, 1.165) is 33.0 Å². The fourth-order valence-electron chi connectivity index (χ4n) is 3.82. The number of nitrogens with one attached hydrogen (secondary N) is 2. The summed E-state index contributed by atoms with van der Waals surface area (Å²) >= 11 is 1.38. The number of aromatic amines is 1. The predicted molar refractivity (Wildman–Crippen MR) is 128 cm³/mol. The summed E-state index contributed by atoms with van der Waals surface area (Å²) in [6.45, 7) is 5.76. The highest BCUT2D eigenvalue weighted by atomic mass is 32.2. The first-order chi connectivity index (χ1) is 14.7. The van der Waals surface area contributed by atoms with Crippen molar-refractivity contribution in [2.45, 2.75) is 26.7 Å². The Hall–Kier alpha value is -2.68. The molecule has 2 heterocycles. The Morgan fingerprint density at radius 2 is 1.90 bits per heavy atom. The molecule has 0 fully saturated rings. The first-order valence-corrected chi connectivity index (χ1v) is 12.6. The van der Waals surface area contributed by atoms with Crippen LogP contribution >= 0.6 is 11.3 Å². The highest BCUT2D eigenvalue weighted by molar-refractivity contribution is 7.89. The van der Waals surface area contributed by atoms with Crippen LogP contribution in [0.5, 0.6) is 5.75 Å². The second kappa shape index (κ2) is 8.11. The van der Waals surface area contributed by atoms with Gasteiger partial charge in [-0.15, -0.1) is 11.3 Å². The van der Waals surface area contributed by atoms with Crippen LogP contribution in [0.3, 0.4) is 0 Å². The van der Waals surface area contributed by atoms with E-state index in [2.05, 4.69) is 9.71 Å². The summed E-state index contributed by atoms with van der Waals surface area (Å²) in [6, 6.07) is 11.3. The van der Waals surface area contributed by atoms with Crippen LogP contribution in [0.2, 0.25) is 0 Å². The number of fused-ring (bicyclic) bond motifs is 3. The lowest BCUT2D eigenvalue weighted by Crippen LogP contribution is -2.28. The third-order valence-electron chi connectivity index (χ3n) is 5.64. The first kappa shape index (κ1) is 21.5.